The number of nitrogens with zero attached hydrogens (tertiary/aromatic N) is 1. The van der Waals surface area contributed by atoms with Crippen LogP contribution in [0.1, 0.15) is 0 Å². The first-order chi connectivity index (χ1) is 10.2. The Morgan fingerprint density at radius 3 is 2.67 bits per heavy atom. The van der Waals surface area contributed by atoms with Crippen molar-refractivity contribution in [2.45, 2.75) is 0 Å². The number of H-pyrrole nitrogens is 2. The summed E-state index contributed by atoms with van der Waals surface area (Å²) in [5, 5.41) is 0.756. The molecular formula is C16H10FN3O. The summed E-state index contributed by atoms with van der Waals surface area (Å²) in [5.74, 6) is 0.123. The van der Waals surface area contributed by atoms with Gasteiger partial charge < -0.3 is 9.97 Å². The Labute approximate surface area is 118 Å². The van der Waals surface area contributed by atoms with Crippen molar-refractivity contribution in [1.82, 2.24) is 15.0 Å². The number of aromatic amines is 2. The highest BCUT2D eigenvalue weighted by molar-refractivity contribution is 5.84. The van der Waals surface area contributed by atoms with Crippen LogP contribution in [-0.4, -0.2) is 15.0 Å². The van der Waals surface area contributed by atoms with Crippen molar-refractivity contribution in [3.8, 4) is 11.4 Å². The zero-order chi connectivity index (χ0) is 14.4. The molecule has 0 spiro atoms. The first kappa shape index (κ1) is 11.8. The monoisotopic (exact) mass is 279 g/mol. The maximum absolute atomic E-state index is 13.2. The normalized spacial score (nSPS) is 11.3. The van der Waals surface area contributed by atoms with E-state index >= 15 is 0 Å². The maximum Gasteiger partial charge on any atom is 0.259 e. The van der Waals surface area contributed by atoms with Crippen LogP contribution < -0.4 is 5.56 Å². The second-order valence-corrected chi connectivity index (χ2v) is 4.85. The zero-order valence-corrected chi connectivity index (χ0v) is 10.9. The molecule has 4 rings (SSSR count). The molecule has 0 atom stereocenters. The lowest BCUT2D eigenvalue weighted by molar-refractivity contribution is 0.629. The molecule has 2 aromatic heterocycles. The molecule has 0 aliphatic carbocycles. The highest BCUT2D eigenvalue weighted by Gasteiger charge is 2.10. The molecule has 0 fully saturated rings. The van der Waals surface area contributed by atoms with E-state index in [9.17, 15) is 9.18 Å². The average Bonchev–Trinajstić information content (AvgIpc) is 2.90. The van der Waals surface area contributed by atoms with Crippen molar-refractivity contribution < 1.29 is 4.39 Å². The van der Waals surface area contributed by atoms with Crippen molar-refractivity contribution in [3.05, 3.63) is 64.7 Å². The van der Waals surface area contributed by atoms with Crippen LogP contribution in [0.5, 0.6) is 0 Å². The Morgan fingerprint density at radius 1 is 0.952 bits per heavy atom. The van der Waals surface area contributed by atoms with Gasteiger partial charge >= 0.3 is 0 Å². The Hall–Kier alpha value is -2.95. The van der Waals surface area contributed by atoms with Gasteiger partial charge in [0.05, 0.1) is 22.1 Å². The van der Waals surface area contributed by atoms with E-state index in [1.165, 1.54) is 12.1 Å². The summed E-state index contributed by atoms with van der Waals surface area (Å²) in [6, 6.07) is 13.6. The minimum absolute atomic E-state index is 0.299. The van der Waals surface area contributed by atoms with E-state index < -0.39 is 0 Å². The number of imidazole rings is 1. The second-order valence-electron chi connectivity index (χ2n) is 4.85. The summed E-state index contributed by atoms with van der Waals surface area (Å²) in [7, 11) is 0. The van der Waals surface area contributed by atoms with E-state index in [0.29, 0.717) is 16.9 Å². The Balaban J connectivity index is 1.99. The first-order valence-corrected chi connectivity index (χ1v) is 6.48. The molecule has 0 bridgehead atoms. The molecule has 0 unspecified atom stereocenters. The third kappa shape index (κ3) is 1.90. The number of hydrogen-bond donors (Lipinski definition) is 2. The Kier molecular flexibility index (Phi) is 2.41. The fourth-order valence-corrected chi connectivity index (χ4v) is 2.43. The van der Waals surface area contributed by atoms with E-state index in [-0.39, 0.29) is 11.4 Å². The van der Waals surface area contributed by atoms with Crippen LogP contribution >= 0.6 is 0 Å². The molecule has 2 N–H and O–H groups in total. The van der Waals surface area contributed by atoms with Gasteiger partial charge in [0.2, 0.25) is 0 Å². The summed E-state index contributed by atoms with van der Waals surface area (Å²) in [6.07, 6.45) is 0. The Bertz CT molecular complexity index is 999. The topological polar surface area (TPSA) is 61.5 Å². The molecule has 4 nitrogen and oxygen atoms in total. The van der Waals surface area contributed by atoms with Crippen LogP contribution in [0, 0.1) is 5.82 Å². The summed E-state index contributed by atoms with van der Waals surface area (Å²) >= 11 is 0. The number of aromatic nitrogens is 3. The molecule has 2 aromatic carbocycles. The third-order valence-corrected chi connectivity index (χ3v) is 3.45. The van der Waals surface area contributed by atoms with Crippen molar-refractivity contribution in [3.63, 3.8) is 0 Å². The lowest BCUT2D eigenvalue weighted by atomic mass is 10.1. The van der Waals surface area contributed by atoms with Gasteiger partial charge in [0, 0.05) is 0 Å². The average molecular weight is 279 g/mol. The van der Waals surface area contributed by atoms with Crippen LogP contribution in [0.3, 0.4) is 0 Å². The molecule has 4 aromatic rings. The summed E-state index contributed by atoms with van der Waals surface area (Å²) in [5.41, 5.74) is 2.27. The van der Waals surface area contributed by atoms with Crippen LogP contribution in [0.25, 0.3) is 33.3 Å². The van der Waals surface area contributed by atoms with Gasteiger partial charge in [-0.2, -0.15) is 0 Å². The summed E-state index contributed by atoms with van der Waals surface area (Å²) < 4.78 is 13.2. The van der Waals surface area contributed by atoms with Gasteiger partial charge in [-0.25, -0.2) is 9.37 Å². The second kappa shape index (κ2) is 4.28. The van der Waals surface area contributed by atoms with E-state index in [1.807, 2.05) is 24.3 Å². The number of para-hydroxylation sites is 2. The molecule has 2 heterocycles. The predicted molar refractivity (Wildman–Crippen MR) is 79.6 cm³/mol. The number of halogens is 1. The van der Waals surface area contributed by atoms with Crippen LogP contribution in [0.2, 0.25) is 0 Å². The van der Waals surface area contributed by atoms with Gasteiger partial charge in [-0.1, -0.05) is 12.1 Å². The predicted octanol–water partition coefficient (Wildman–Crippen LogP) is 3.21. The molecule has 0 saturated carbocycles. The van der Waals surface area contributed by atoms with Crippen molar-refractivity contribution in [2.24, 2.45) is 0 Å². The fraction of sp³-hybridized carbons (Fsp3) is 0. The van der Waals surface area contributed by atoms with E-state index in [4.69, 9.17) is 0 Å². The number of benzene rings is 2. The van der Waals surface area contributed by atoms with Gasteiger partial charge in [0.15, 0.2) is 0 Å². The zero-order valence-electron chi connectivity index (χ0n) is 10.9. The van der Waals surface area contributed by atoms with E-state index in [0.717, 1.165) is 16.4 Å². The van der Waals surface area contributed by atoms with E-state index in [2.05, 4.69) is 15.0 Å². The largest absolute Gasteiger partial charge is 0.338 e. The van der Waals surface area contributed by atoms with Crippen LogP contribution in [-0.2, 0) is 0 Å². The minimum atomic E-state index is -0.380. The van der Waals surface area contributed by atoms with Crippen LogP contribution in [0.15, 0.2) is 53.3 Å². The highest BCUT2D eigenvalue weighted by Crippen LogP contribution is 2.20. The first-order valence-electron chi connectivity index (χ1n) is 6.48. The molecule has 0 amide bonds. The molecule has 0 radical (unpaired) electrons. The number of pyridine rings is 1. The smallest absolute Gasteiger partial charge is 0.259 e. The standard InChI is InChI=1S/C16H10FN3O/c17-10-6-5-9-7-11(16(21)20-14(9)8-10)15-18-12-3-1-2-4-13(12)19-15/h1-8H,(H,18,19)(H,20,21). The van der Waals surface area contributed by atoms with E-state index in [1.54, 1.807) is 12.1 Å². The maximum atomic E-state index is 13.2. The molecule has 0 saturated heterocycles. The lowest BCUT2D eigenvalue weighted by Crippen LogP contribution is -2.09. The van der Waals surface area contributed by atoms with Crippen molar-refractivity contribution >= 4 is 21.9 Å². The number of nitrogens with one attached hydrogen (secondary N) is 2. The van der Waals surface area contributed by atoms with Gasteiger partial charge in [0.1, 0.15) is 11.6 Å². The Morgan fingerprint density at radius 2 is 1.81 bits per heavy atom. The molecule has 21 heavy (non-hydrogen) atoms. The lowest BCUT2D eigenvalue weighted by Gasteiger charge is -2.01. The van der Waals surface area contributed by atoms with Crippen molar-refractivity contribution in [2.75, 3.05) is 0 Å². The number of fused-ring (bicyclic) bond motifs is 2. The third-order valence-electron chi connectivity index (χ3n) is 3.45. The quantitative estimate of drug-likeness (QED) is 0.562. The summed E-state index contributed by atoms with van der Waals surface area (Å²) in [4.78, 5) is 22.4. The number of rotatable bonds is 1. The summed E-state index contributed by atoms with van der Waals surface area (Å²) in [6.45, 7) is 0. The molecule has 5 heteroatoms. The van der Waals surface area contributed by atoms with Gasteiger partial charge in [-0.3, -0.25) is 4.79 Å². The number of hydrogen-bond acceptors (Lipinski definition) is 2. The SMILES string of the molecule is O=c1[nH]c2cc(F)ccc2cc1-c1nc2ccccc2[nH]1. The van der Waals surface area contributed by atoms with Crippen molar-refractivity contribution in [1.29, 1.82) is 0 Å². The molecule has 0 aliphatic heterocycles. The minimum Gasteiger partial charge on any atom is -0.338 e. The molecule has 102 valence electrons. The molecular weight excluding hydrogens is 269 g/mol. The van der Waals surface area contributed by atoms with Gasteiger partial charge in [0.25, 0.3) is 5.56 Å². The fourth-order valence-electron chi connectivity index (χ4n) is 2.43. The van der Waals surface area contributed by atoms with Crippen LogP contribution in [0.4, 0.5) is 4.39 Å². The van der Waals surface area contributed by atoms with Gasteiger partial charge in [-0.05, 0) is 41.8 Å². The molecule has 0 aliphatic rings. The van der Waals surface area contributed by atoms with Gasteiger partial charge in [-0.15, -0.1) is 0 Å². The highest BCUT2D eigenvalue weighted by atomic mass is 19.1.